The summed E-state index contributed by atoms with van der Waals surface area (Å²) in [4.78, 5) is 23.0. The second kappa shape index (κ2) is 6.74. The van der Waals surface area contributed by atoms with Gasteiger partial charge in [-0.3, -0.25) is 4.79 Å². The Morgan fingerprint density at radius 2 is 1.71 bits per heavy atom. The highest BCUT2D eigenvalue weighted by molar-refractivity contribution is 5.93. The molecule has 1 aromatic carbocycles. The Labute approximate surface area is 126 Å². The van der Waals surface area contributed by atoms with E-state index in [0.717, 1.165) is 11.3 Å². The summed E-state index contributed by atoms with van der Waals surface area (Å²) >= 11 is 0. The molecule has 0 aliphatic rings. The minimum absolute atomic E-state index is 0.0780. The average Bonchev–Trinajstić information content (AvgIpc) is 2.37. The van der Waals surface area contributed by atoms with Crippen molar-refractivity contribution in [3.63, 3.8) is 0 Å². The summed E-state index contributed by atoms with van der Waals surface area (Å²) < 4.78 is 0. The van der Waals surface area contributed by atoms with E-state index >= 15 is 0 Å². The standard InChI is InChI=1S/C17H25NO3/c1-11(10-12(2)16(20)21)15(19)18-14-9-7-6-8-13(14)17(3,4)5/h6-9,11-12H,10H2,1-5H3,(H,18,19)(H,20,21)/p-1/t11-,12-/m1/s1. The highest BCUT2D eigenvalue weighted by Gasteiger charge is 2.21. The number of nitrogens with one attached hydrogen (secondary N) is 1. The second-order valence-corrected chi connectivity index (χ2v) is 6.64. The highest BCUT2D eigenvalue weighted by Crippen LogP contribution is 2.29. The first-order chi connectivity index (χ1) is 9.62. The maximum atomic E-state index is 12.2. The molecule has 0 saturated carbocycles. The zero-order valence-electron chi connectivity index (χ0n) is 13.4. The first-order valence-corrected chi connectivity index (χ1v) is 7.24. The zero-order chi connectivity index (χ0) is 16.2. The van der Waals surface area contributed by atoms with Crippen molar-refractivity contribution in [2.24, 2.45) is 11.8 Å². The third-order valence-corrected chi connectivity index (χ3v) is 3.55. The van der Waals surface area contributed by atoms with Gasteiger partial charge < -0.3 is 15.2 Å². The van der Waals surface area contributed by atoms with Crippen LogP contribution in [0.3, 0.4) is 0 Å². The van der Waals surface area contributed by atoms with Crippen molar-refractivity contribution >= 4 is 17.6 Å². The third-order valence-electron chi connectivity index (χ3n) is 3.55. The van der Waals surface area contributed by atoms with Crippen LogP contribution < -0.4 is 10.4 Å². The van der Waals surface area contributed by atoms with Crippen molar-refractivity contribution in [1.82, 2.24) is 0 Å². The van der Waals surface area contributed by atoms with E-state index in [0.29, 0.717) is 0 Å². The number of carboxylic acid groups (broad SMARTS) is 1. The summed E-state index contributed by atoms with van der Waals surface area (Å²) in [7, 11) is 0. The third kappa shape index (κ3) is 4.88. The molecule has 4 heteroatoms. The number of aliphatic carboxylic acids is 1. The fourth-order valence-electron chi connectivity index (χ4n) is 2.24. The lowest BCUT2D eigenvalue weighted by Gasteiger charge is -2.24. The first-order valence-electron chi connectivity index (χ1n) is 7.24. The average molecular weight is 290 g/mol. The molecule has 0 saturated heterocycles. The number of carboxylic acids is 1. The molecule has 0 heterocycles. The van der Waals surface area contributed by atoms with E-state index in [2.05, 4.69) is 26.1 Å². The van der Waals surface area contributed by atoms with Crippen LogP contribution in [0.2, 0.25) is 0 Å². The molecule has 116 valence electrons. The quantitative estimate of drug-likeness (QED) is 0.905. The monoisotopic (exact) mass is 290 g/mol. The molecule has 0 spiro atoms. The molecule has 0 aliphatic carbocycles. The Hall–Kier alpha value is -1.84. The predicted octanol–water partition coefficient (Wildman–Crippen LogP) is 2.33. The van der Waals surface area contributed by atoms with Crippen LogP contribution in [0.15, 0.2) is 24.3 Å². The topological polar surface area (TPSA) is 69.2 Å². The Balaban J connectivity index is 2.82. The molecular weight excluding hydrogens is 266 g/mol. The maximum absolute atomic E-state index is 12.2. The summed E-state index contributed by atoms with van der Waals surface area (Å²) in [5, 5.41) is 13.7. The van der Waals surface area contributed by atoms with Crippen molar-refractivity contribution in [1.29, 1.82) is 0 Å². The summed E-state index contributed by atoms with van der Waals surface area (Å²) in [6, 6.07) is 7.68. The molecule has 0 bridgehead atoms. The lowest BCUT2D eigenvalue weighted by Crippen LogP contribution is -2.33. The van der Waals surface area contributed by atoms with E-state index in [4.69, 9.17) is 0 Å². The molecule has 1 rings (SSSR count). The SMILES string of the molecule is C[C@H](C[C@@H](C)C(=O)Nc1ccccc1C(C)(C)C)C(=O)[O-]. The van der Waals surface area contributed by atoms with E-state index in [9.17, 15) is 14.7 Å². The summed E-state index contributed by atoms with van der Waals surface area (Å²) in [5.74, 6) is -2.31. The van der Waals surface area contributed by atoms with Crippen molar-refractivity contribution in [3.05, 3.63) is 29.8 Å². The Morgan fingerprint density at radius 1 is 1.14 bits per heavy atom. The summed E-state index contributed by atoms with van der Waals surface area (Å²) in [6.45, 7) is 9.54. The van der Waals surface area contributed by atoms with E-state index in [1.54, 1.807) is 13.8 Å². The highest BCUT2D eigenvalue weighted by atomic mass is 16.4. The van der Waals surface area contributed by atoms with Gasteiger partial charge >= 0.3 is 0 Å². The zero-order valence-corrected chi connectivity index (χ0v) is 13.4. The predicted molar refractivity (Wildman–Crippen MR) is 81.7 cm³/mol. The Morgan fingerprint density at radius 3 is 2.24 bits per heavy atom. The van der Waals surface area contributed by atoms with Gasteiger partial charge in [-0.05, 0) is 29.4 Å². The number of para-hydroxylation sites is 1. The molecular formula is C17H24NO3-. The van der Waals surface area contributed by atoms with Gasteiger partial charge in [0.1, 0.15) is 0 Å². The van der Waals surface area contributed by atoms with Gasteiger partial charge in [-0.25, -0.2) is 0 Å². The van der Waals surface area contributed by atoms with Crippen LogP contribution in [0, 0.1) is 11.8 Å². The number of rotatable bonds is 5. The van der Waals surface area contributed by atoms with Crippen molar-refractivity contribution in [2.45, 2.75) is 46.5 Å². The molecule has 0 radical (unpaired) electrons. The molecule has 0 aliphatic heterocycles. The maximum Gasteiger partial charge on any atom is 0.227 e. The number of hydrogen-bond donors (Lipinski definition) is 1. The van der Waals surface area contributed by atoms with Crippen LogP contribution in [-0.4, -0.2) is 11.9 Å². The van der Waals surface area contributed by atoms with Gasteiger partial charge in [-0.15, -0.1) is 0 Å². The van der Waals surface area contributed by atoms with Crippen LogP contribution in [-0.2, 0) is 15.0 Å². The number of carbonyl (C=O) groups is 2. The van der Waals surface area contributed by atoms with Crippen molar-refractivity contribution in [3.8, 4) is 0 Å². The summed E-state index contributed by atoms with van der Waals surface area (Å²) in [6.07, 6.45) is 0.270. The largest absolute Gasteiger partial charge is 0.550 e. The van der Waals surface area contributed by atoms with Crippen LogP contribution in [0.5, 0.6) is 0 Å². The van der Waals surface area contributed by atoms with Crippen LogP contribution >= 0.6 is 0 Å². The lowest BCUT2D eigenvalue weighted by atomic mass is 9.85. The van der Waals surface area contributed by atoms with E-state index in [1.807, 2.05) is 24.3 Å². The number of amides is 1. The number of carbonyl (C=O) groups excluding carboxylic acids is 2. The molecule has 0 fully saturated rings. The number of hydrogen-bond acceptors (Lipinski definition) is 3. The fraction of sp³-hybridized carbons (Fsp3) is 0.529. The van der Waals surface area contributed by atoms with Gasteiger partial charge in [0.05, 0.1) is 0 Å². The Bertz CT molecular complexity index is 517. The van der Waals surface area contributed by atoms with Crippen molar-refractivity contribution in [2.75, 3.05) is 5.32 Å². The minimum atomic E-state index is -1.12. The Kier molecular flexibility index (Phi) is 5.53. The van der Waals surface area contributed by atoms with E-state index in [1.165, 1.54) is 0 Å². The lowest BCUT2D eigenvalue weighted by molar-refractivity contribution is -0.311. The smallest absolute Gasteiger partial charge is 0.227 e. The molecule has 0 aromatic heterocycles. The van der Waals surface area contributed by atoms with Crippen molar-refractivity contribution < 1.29 is 14.7 Å². The fourth-order valence-corrected chi connectivity index (χ4v) is 2.24. The minimum Gasteiger partial charge on any atom is -0.550 e. The van der Waals surface area contributed by atoms with Gasteiger partial charge in [0.15, 0.2) is 0 Å². The normalized spacial score (nSPS) is 14.3. The van der Waals surface area contributed by atoms with Crippen LogP contribution in [0.25, 0.3) is 0 Å². The van der Waals surface area contributed by atoms with Gasteiger partial charge in [0.25, 0.3) is 0 Å². The van der Waals surface area contributed by atoms with E-state index < -0.39 is 11.9 Å². The first kappa shape index (κ1) is 17.2. The van der Waals surface area contributed by atoms with E-state index in [-0.39, 0.29) is 23.7 Å². The molecule has 0 unspecified atom stereocenters. The molecule has 21 heavy (non-hydrogen) atoms. The second-order valence-electron chi connectivity index (χ2n) is 6.64. The number of anilines is 1. The molecule has 1 N–H and O–H groups in total. The van der Waals surface area contributed by atoms with Gasteiger partial charge in [0.2, 0.25) is 5.91 Å². The van der Waals surface area contributed by atoms with Gasteiger partial charge in [-0.1, -0.05) is 52.8 Å². The van der Waals surface area contributed by atoms with Crippen LogP contribution in [0.1, 0.15) is 46.6 Å². The van der Waals surface area contributed by atoms with Gasteiger partial charge in [-0.2, -0.15) is 0 Å². The van der Waals surface area contributed by atoms with Gasteiger partial charge in [0, 0.05) is 17.6 Å². The molecule has 2 atom stereocenters. The number of benzene rings is 1. The summed E-state index contributed by atoms with van der Waals surface area (Å²) in [5.41, 5.74) is 1.76. The molecule has 1 amide bonds. The molecule has 4 nitrogen and oxygen atoms in total. The van der Waals surface area contributed by atoms with Crippen LogP contribution in [0.4, 0.5) is 5.69 Å². The molecule has 1 aromatic rings.